The summed E-state index contributed by atoms with van der Waals surface area (Å²) in [6.07, 6.45) is 0. The van der Waals surface area contributed by atoms with Crippen LogP contribution >= 0.6 is 0 Å². The van der Waals surface area contributed by atoms with Crippen LogP contribution in [0.15, 0.2) is 0 Å². The average molecular weight is 208 g/mol. The average Bonchev–Trinajstić information content (AvgIpc) is 2.15. The Labute approximate surface area is 79.3 Å². The zero-order chi connectivity index (χ0) is 10.3. The van der Waals surface area contributed by atoms with Gasteiger partial charge in [-0.15, -0.1) is 0 Å². The van der Waals surface area contributed by atoms with E-state index in [1.54, 1.807) is 6.92 Å². The number of esters is 1. The summed E-state index contributed by atoms with van der Waals surface area (Å²) in [7, 11) is 1.58. The molecule has 78 valence electrons. The molecule has 0 aromatic carbocycles. The Morgan fingerprint density at radius 1 is 1.15 bits per heavy atom. The number of carbonyl (C=O) groups is 1. The van der Waals surface area contributed by atoms with Crippen LogP contribution in [0.3, 0.4) is 0 Å². The van der Waals surface area contributed by atoms with E-state index in [2.05, 4.69) is 0 Å². The van der Waals surface area contributed by atoms with Crippen LogP contribution in [0.25, 0.3) is 0 Å². The van der Waals surface area contributed by atoms with Gasteiger partial charge in [0, 0.05) is 21.3 Å². The van der Waals surface area contributed by atoms with Crippen LogP contribution in [-0.2, 0) is 22.8 Å². The van der Waals surface area contributed by atoms with Gasteiger partial charge in [-0.25, -0.2) is 0 Å². The molecule has 0 aliphatic carbocycles. The lowest BCUT2D eigenvalue weighted by atomic mass is 10.8. The fourth-order valence-corrected chi connectivity index (χ4v) is 2.24. The van der Waals surface area contributed by atoms with Gasteiger partial charge < -0.3 is 18.0 Å². The van der Waals surface area contributed by atoms with Gasteiger partial charge in [0.15, 0.2) is 0 Å². The summed E-state index contributed by atoms with van der Waals surface area (Å²) in [4.78, 5) is 11.1. The number of hydrogen-bond acceptors (Lipinski definition) is 5. The predicted molar refractivity (Wildman–Crippen MR) is 48.2 cm³/mol. The van der Waals surface area contributed by atoms with Crippen molar-refractivity contribution in [2.24, 2.45) is 0 Å². The Morgan fingerprint density at radius 2 is 1.62 bits per heavy atom. The van der Waals surface area contributed by atoms with Crippen molar-refractivity contribution < 1.29 is 22.8 Å². The van der Waals surface area contributed by atoms with Crippen LogP contribution in [0.4, 0.5) is 0 Å². The van der Waals surface area contributed by atoms with E-state index in [4.69, 9.17) is 18.0 Å². The Hall–Kier alpha value is -0.433. The van der Waals surface area contributed by atoms with Crippen molar-refractivity contribution in [2.45, 2.75) is 13.0 Å². The molecule has 0 rings (SSSR count). The van der Waals surface area contributed by atoms with Crippen LogP contribution in [0.5, 0.6) is 0 Å². The van der Waals surface area contributed by atoms with E-state index >= 15 is 0 Å². The van der Waals surface area contributed by atoms with E-state index in [0.29, 0.717) is 6.61 Å². The largest absolute Gasteiger partial charge is 0.511 e. The molecule has 0 aliphatic heterocycles. The molecule has 0 atom stereocenters. The molecule has 0 aromatic heterocycles. The number of hydrogen-bond donors (Lipinski definition) is 0. The van der Waals surface area contributed by atoms with E-state index < -0.39 is 8.80 Å². The monoisotopic (exact) mass is 208 g/mol. The minimum absolute atomic E-state index is 0.0460. The third-order valence-corrected chi connectivity index (χ3v) is 4.19. The van der Waals surface area contributed by atoms with E-state index in [1.165, 1.54) is 21.3 Å². The van der Waals surface area contributed by atoms with Crippen molar-refractivity contribution in [2.75, 3.05) is 27.9 Å². The first kappa shape index (κ1) is 12.6. The van der Waals surface area contributed by atoms with Crippen LogP contribution in [-0.4, -0.2) is 42.7 Å². The number of rotatable bonds is 6. The fourth-order valence-electron chi connectivity index (χ4n) is 0.855. The molecule has 13 heavy (non-hydrogen) atoms. The lowest BCUT2D eigenvalue weighted by Gasteiger charge is -2.22. The van der Waals surface area contributed by atoms with Crippen LogP contribution in [0, 0.1) is 0 Å². The van der Waals surface area contributed by atoms with Gasteiger partial charge in [0.2, 0.25) is 0 Å². The second-order valence-corrected chi connectivity index (χ2v) is 5.22. The highest BCUT2D eigenvalue weighted by molar-refractivity contribution is 6.63. The zero-order valence-electron chi connectivity index (χ0n) is 8.46. The molecule has 0 aliphatic rings. The Kier molecular flexibility index (Phi) is 5.88. The molecule has 0 unspecified atom stereocenters. The Balaban J connectivity index is 4.16. The summed E-state index contributed by atoms with van der Waals surface area (Å²) in [5.41, 5.74) is 0. The Bertz CT molecular complexity index is 149. The molecule has 0 heterocycles. The predicted octanol–water partition coefficient (Wildman–Crippen LogP) is 0.428. The first-order valence-electron chi connectivity index (χ1n) is 3.95. The summed E-state index contributed by atoms with van der Waals surface area (Å²) < 4.78 is 19.9. The minimum Gasteiger partial charge on any atom is -0.466 e. The molecule has 0 N–H and O–H groups in total. The Morgan fingerprint density at radius 3 is 1.92 bits per heavy atom. The van der Waals surface area contributed by atoms with Crippen LogP contribution in [0.1, 0.15) is 6.92 Å². The molecule has 5 nitrogen and oxygen atoms in total. The van der Waals surface area contributed by atoms with Crippen molar-refractivity contribution in [3.63, 3.8) is 0 Å². The van der Waals surface area contributed by atoms with Gasteiger partial charge in [0.05, 0.1) is 6.61 Å². The SMILES string of the molecule is CCOC(=O)C[Si](OC)(OC)OC. The molecular weight excluding hydrogens is 192 g/mol. The van der Waals surface area contributed by atoms with E-state index in [9.17, 15) is 4.79 Å². The minimum atomic E-state index is -2.79. The second-order valence-electron chi connectivity index (χ2n) is 2.28. The zero-order valence-corrected chi connectivity index (χ0v) is 9.46. The first-order chi connectivity index (χ1) is 6.14. The number of ether oxygens (including phenoxy) is 1. The van der Waals surface area contributed by atoms with Gasteiger partial charge in [-0.3, -0.25) is 4.79 Å². The maximum atomic E-state index is 11.1. The smallest absolute Gasteiger partial charge is 0.466 e. The lowest BCUT2D eigenvalue weighted by molar-refractivity contribution is -0.141. The standard InChI is InChI=1S/C7H16O5Si/c1-5-12-7(8)6-13(9-2,10-3)11-4/h5-6H2,1-4H3. The van der Waals surface area contributed by atoms with Crippen molar-refractivity contribution >= 4 is 14.8 Å². The summed E-state index contributed by atoms with van der Waals surface area (Å²) in [6.45, 7) is 2.09. The summed E-state index contributed by atoms with van der Waals surface area (Å²) in [5, 5.41) is 0. The van der Waals surface area contributed by atoms with Crippen molar-refractivity contribution in [1.29, 1.82) is 0 Å². The molecule has 0 radical (unpaired) electrons. The van der Waals surface area contributed by atoms with E-state index in [0.717, 1.165) is 0 Å². The molecule has 0 bridgehead atoms. The first-order valence-corrected chi connectivity index (χ1v) is 5.88. The van der Waals surface area contributed by atoms with Gasteiger partial charge in [0.25, 0.3) is 0 Å². The summed E-state index contributed by atoms with van der Waals surface area (Å²) in [6, 6.07) is 0.0460. The maximum absolute atomic E-state index is 11.1. The van der Waals surface area contributed by atoms with E-state index in [-0.39, 0.29) is 12.0 Å². The summed E-state index contributed by atoms with van der Waals surface area (Å²) >= 11 is 0. The van der Waals surface area contributed by atoms with Gasteiger partial charge in [-0.1, -0.05) is 0 Å². The third-order valence-electron chi connectivity index (χ3n) is 1.60. The van der Waals surface area contributed by atoms with Crippen LogP contribution in [0.2, 0.25) is 6.04 Å². The van der Waals surface area contributed by atoms with Gasteiger partial charge in [-0.2, -0.15) is 0 Å². The lowest BCUT2D eigenvalue weighted by Crippen LogP contribution is -2.45. The highest BCUT2D eigenvalue weighted by Gasteiger charge is 2.41. The van der Waals surface area contributed by atoms with Crippen molar-refractivity contribution in [3.8, 4) is 0 Å². The van der Waals surface area contributed by atoms with Gasteiger partial charge in [0.1, 0.15) is 6.04 Å². The normalized spacial score (nSPS) is 11.4. The van der Waals surface area contributed by atoms with Gasteiger partial charge in [-0.05, 0) is 6.92 Å². The van der Waals surface area contributed by atoms with Crippen LogP contribution < -0.4 is 0 Å². The maximum Gasteiger partial charge on any atom is 0.511 e. The molecular formula is C7H16O5Si. The molecule has 0 fully saturated rings. The summed E-state index contributed by atoms with van der Waals surface area (Å²) in [5.74, 6) is -0.361. The third kappa shape index (κ3) is 3.86. The molecule has 6 heteroatoms. The number of carbonyl (C=O) groups excluding carboxylic acids is 1. The van der Waals surface area contributed by atoms with Crippen molar-refractivity contribution in [3.05, 3.63) is 0 Å². The molecule has 0 aromatic rings. The van der Waals surface area contributed by atoms with E-state index in [1.807, 2.05) is 0 Å². The van der Waals surface area contributed by atoms with Crippen molar-refractivity contribution in [1.82, 2.24) is 0 Å². The second kappa shape index (κ2) is 6.09. The highest BCUT2D eigenvalue weighted by Crippen LogP contribution is 2.12. The topological polar surface area (TPSA) is 54.0 Å². The fraction of sp³-hybridized carbons (Fsp3) is 0.857. The van der Waals surface area contributed by atoms with Gasteiger partial charge >= 0.3 is 14.8 Å². The molecule has 0 saturated heterocycles. The molecule has 0 spiro atoms. The molecule has 0 saturated carbocycles. The molecule has 0 amide bonds. The quantitative estimate of drug-likeness (QED) is 0.468. The highest BCUT2D eigenvalue weighted by atomic mass is 28.4.